The van der Waals surface area contributed by atoms with Gasteiger partial charge < -0.3 is 4.90 Å². The Kier molecular flexibility index (Phi) is 4.61. The number of benzene rings is 1. The Morgan fingerprint density at radius 1 is 1.33 bits per heavy atom. The Hall–Kier alpha value is -1.49. The van der Waals surface area contributed by atoms with Gasteiger partial charge in [0, 0.05) is 19.1 Å². The molecule has 0 spiro atoms. The molecular weight excluding hydrogens is 293 g/mol. The molecule has 2 rings (SSSR count). The van der Waals surface area contributed by atoms with Gasteiger partial charge in [0.25, 0.3) is 0 Å². The molecule has 0 N–H and O–H groups in total. The van der Waals surface area contributed by atoms with Crippen LogP contribution < -0.4 is 0 Å². The van der Waals surface area contributed by atoms with E-state index in [2.05, 4.69) is 4.90 Å². The van der Waals surface area contributed by atoms with Gasteiger partial charge in [0.1, 0.15) is 22.3 Å². The molecular formula is C14H18FN3O2S. The molecule has 5 nitrogen and oxygen atoms in total. The number of halogens is 1. The smallest absolute Gasteiger partial charge is 0.244 e. The lowest BCUT2D eigenvalue weighted by atomic mass is 10.1. The molecule has 0 saturated carbocycles. The molecule has 0 unspecified atom stereocenters. The zero-order chi connectivity index (χ0) is 15.6. The van der Waals surface area contributed by atoms with Crippen molar-refractivity contribution in [2.24, 2.45) is 0 Å². The fourth-order valence-electron chi connectivity index (χ4n) is 2.57. The summed E-state index contributed by atoms with van der Waals surface area (Å²) in [5.41, 5.74) is -0.410. The van der Waals surface area contributed by atoms with E-state index in [9.17, 15) is 12.8 Å². The van der Waals surface area contributed by atoms with E-state index in [4.69, 9.17) is 5.26 Å². The Morgan fingerprint density at radius 2 is 1.95 bits per heavy atom. The van der Waals surface area contributed by atoms with Crippen LogP contribution in [0.2, 0.25) is 0 Å². The summed E-state index contributed by atoms with van der Waals surface area (Å²) >= 11 is 0. The second kappa shape index (κ2) is 6.10. The van der Waals surface area contributed by atoms with Crippen LogP contribution in [0.4, 0.5) is 4.39 Å². The van der Waals surface area contributed by atoms with Crippen molar-refractivity contribution in [1.82, 2.24) is 9.21 Å². The number of rotatable bonds is 3. The van der Waals surface area contributed by atoms with Gasteiger partial charge in [0.2, 0.25) is 10.0 Å². The first-order valence-electron chi connectivity index (χ1n) is 6.73. The fourth-order valence-corrected chi connectivity index (χ4v) is 4.19. The molecule has 1 aromatic rings. The van der Waals surface area contributed by atoms with Crippen LogP contribution in [0.5, 0.6) is 0 Å². The van der Waals surface area contributed by atoms with Gasteiger partial charge >= 0.3 is 0 Å². The molecule has 0 aromatic heterocycles. The van der Waals surface area contributed by atoms with Crippen LogP contribution in [-0.2, 0) is 10.0 Å². The van der Waals surface area contributed by atoms with E-state index in [0.717, 1.165) is 18.9 Å². The van der Waals surface area contributed by atoms with Crippen molar-refractivity contribution in [3.8, 4) is 6.07 Å². The highest BCUT2D eigenvalue weighted by Crippen LogP contribution is 2.25. The van der Waals surface area contributed by atoms with E-state index in [-0.39, 0.29) is 4.90 Å². The van der Waals surface area contributed by atoms with Crippen LogP contribution in [0.1, 0.15) is 18.4 Å². The Morgan fingerprint density at radius 3 is 2.48 bits per heavy atom. The molecule has 1 heterocycles. The van der Waals surface area contributed by atoms with Crippen molar-refractivity contribution < 1.29 is 12.8 Å². The first kappa shape index (κ1) is 15.9. The predicted molar refractivity (Wildman–Crippen MR) is 76.6 cm³/mol. The minimum Gasteiger partial charge on any atom is -0.306 e. The van der Waals surface area contributed by atoms with Crippen LogP contribution >= 0.6 is 0 Å². The lowest BCUT2D eigenvalue weighted by Gasteiger charge is -2.34. The van der Waals surface area contributed by atoms with Crippen LogP contribution in [0.3, 0.4) is 0 Å². The van der Waals surface area contributed by atoms with Crippen molar-refractivity contribution in [3.63, 3.8) is 0 Å². The number of piperidine rings is 1. The van der Waals surface area contributed by atoms with Gasteiger partial charge in [-0.25, -0.2) is 12.8 Å². The molecule has 1 fully saturated rings. The molecule has 0 radical (unpaired) electrons. The highest BCUT2D eigenvalue weighted by atomic mass is 32.2. The Bertz CT molecular complexity index is 659. The van der Waals surface area contributed by atoms with Crippen molar-refractivity contribution >= 4 is 10.0 Å². The molecule has 1 aromatic carbocycles. The third-order valence-corrected chi connectivity index (χ3v) is 5.80. The first-order valence-corrected chi connectivity index (χ1v) is 8.17. The summed E-state index contributed by atoms with van der Waals surface area (Å²) in [5.74, 6) is -0.804. The molecule has 0 bridgehead atoms. The number of nitrogens with zero attached hydrogens (tertiary/aromatic N) is 3. The summed E-state index contributed by atoms with van der Waals surface area (Å²) < 4.78 is 40.1. The lowest BCUT2D eigenvalue weighted by Crippen LogP contribution is -2.44. The standard InChI is InChI=1S/C14H18FN3O2S/c1-17(2)11-6-8-18(9-7-11)21(19,20)14-5-3-4-13(15)12(14)10-16/h3-5,11H,6-9H2,1-2H3. The summed E-state index contributed by atoms with van der Waals surface area (Å²) in [4.78, 5) is 1.83. The monoisotopic (exact) mass is 311 g/mol. The Balaban J connectivity index is 2.29. The molecule has 114 valence electrons. The molecule has 1 aliphatic rings. The third-order valence-electron chi connectivity index (χ3n) is 3.86. The average Bonchev–Trinajstić information content (AvgIpc) is 2.47. The first-order chi connectivity index (χ1) is 9.87. The minimum absolute atomic E-state index is 0.242. The van der Waals surface area contributed by atoms with E-state index in [1.807, 2.05) is 14.1 Å². The van der Waals surface area contributed by atoms with E-state index in [0.29, 0.717) is 19.1 Å². The van der Waals surface area contributed by atoms with E-state index >= 15 is 0 Å². The normalized spacial score (nSPS) is 17.9. The van der Waals surface area contributed by atoms with Gasteiger partial charge in [-0.2, -0.15) is 9.57 Å². The Labute approximate surface area is 124 Å². The number of hydrogen-bond donors (Lipinski definition) is 0. The maximum atomic E-state index is 13.6. The van der Waals surface area contributed by atoms with Gasteiger partial charge in [0.05, 0.1) is 0 Å². The second-order valence-corrected chi connectivity index (χ2v) is 7.23. The van der Waals surface area contributed by atoms with Crippen molar-refractivity contribution in [2.75, 3.05) is 27.2 Å². The van der Waals surface area contributed by atoms with Gasteiger partial charge in [-0.3, -0.25) is 0 Å². The molecule has 1 saturated heterocycles. The zero-order valence-corrected chi connectivity index (χ0v) is 12.9. The van der Waals surface area contributed by atoms with E-state index < -0.39 is 21.4 Å². The van der Waals surface area contributed by atoms with Crippen LogP contribution in [-0.4, -0.2) is 50.8 Å². The summed E-state index contributed by atoms with van der Waals surface area (Å²) in [6, 6.07) is 5.69. The summed E-state index contributed by atoms with van der Waals surface area (Å²) in [7, 11) is 0.111. The van der Waals surface area contributed by atoms with Gasteiger partial charge in [-0.1, -0.05) is 6.07 Å². The quantitative estimate of drug-likeness (QED) is 0.847. The molecule has 0 atom stereocenters. The maximum Gasteiger partial charge on any atom is 0.244 e. The third kappa shape index (κ3) is 3.07. The molecule has 7 heteroatoms. The summed E-state index contributed by atoms with van der Waals surface area (Å²) in [5, 5.41) is 9.00. The summed E-state index contributed by atoms with van der Waals surface area (Å²) in [6.45, 7) is 0.763. The number of hydrogen-bond acceptors (Lipinski definition) is 4. The van der Waals surface area contributed by atoms with Gasteiger partial charge in [-0.05, 0) is 39.1 Å². The minimum atomic E-state index is -3.82. The molecule has 1 aliphatic heterocycles. The van der Waals surface area contributed by atoms with Crippen LogP contribution in [0.25, 0.3) is 0 Å². The van der Waals surface area contributed by atoms with E-state index in [1.54, 1.807) is 6.07 Å². The molecule has 0 amide bonds. The average molecular weight is 311 g/mol. The predicted octanol–water partition coefficient (Wildman–Crippen LogP) is 1.41. The number of nitriles is 1. The van der Waals surface area contributed by atoms with Crippen molar-refractivity contribution in [3.05, 3.63) is 29.6 Å². The van der Waals surface area contributed by atoms with Crippen molar-refractivity contribution in [1.29, 1.82) is 5.26 Å². The highest BCUT2D eigenvalue weighted by Gasteiger charge is 2.32. The highest BCUT2D eigenvalue weighted by molar-refractivity contribution is 7.89. The van der Waals surface area contributed by atoms with Crippen molar-refractivity contribution in [2.45, 2.75) is 23.8 Å². The SMILES string of the molecule is CN(C)C1CCN(S(=O)(=O)c2cccc(F)c2C#N)CC1. The van der Waals surface area contributed by atoms with Crippen LogP contribution in [0, 0.1) is 17.1 Å². The second-order valence-electron chi connectivity index (χ2n) is 5.32. The summed E-state index contributed by atoms with van der Waals surface area (Å²) in [6.07, 6.45) is 1.45. The number of sulfonamides is 1. The van der Waals surface area contributed by atoms with Gasteiger partial charge in [0.15, 0.2) is 0 Å². The molecule has 0 aliphatic carbocycles. The van der Waals surface area contributed by atoms with Gasteiger partial charge in [-0.15, -0.1) is 0 Å². The molecule has 21 heavy (non-hydrogen) atoms. The van der Waals surface area contributed by atoms with E-state index in [1.165, 1.54) is 16.4 Å². The lowest BCUT2D eigenvalue weighted by molar-refractivity contribution is 0.196. The maximum absolute atomic E-state index is 13.6. The fraction of sp³-hybridized carbons (Fsp3) is 0.500. The zero-order valence-electron chi connectivity index (χ0n) is 12.1. The van der Waals surface area contributed by atoms with Crippen LogP contribution in [0.15, 0.2) is 23.1 Å². The largest absolute Gasteiger partial charge is 0.306 e. The topological polar surface area (TPSA) is 64.4 Å².